The monoisotopic (exact) mass is 431 g/mol. The van der Waals surface area contributed by atoms with Crippen LogP contribution < -0.4 is 0 Å². The van der Waals surface area contributed by atoms with E-state index in [9.17, 15) is 9.59 Å². The maximum atomic E-state index is 12.7. The van der Waals surface area contributed by atoms with Gasteiger partial charge in [-0.25, -0.2) is 0 Å². The highest BCUT2D eigenvalue weighted by molar-refractivity contribution is 9.13. The van der Waals surface area contributed by atoms with Crippen molar-refractivity contribution in [3.63, 3.8) is 0 Å². The molecular formula is C16H19Br2NO3. The van der Waals surface area contributed by atoms with Gasteiger partial charge < -0.3 is 4.74 Å². The molecular weight excluding hydrogens is 414 g/mol. The first-order chi connectivity index (χ1) is 10.0. The summed E-state index contributed by atoms with van der Waals surface area (Å²) < 4.78 is 4.61. The Morgan fingerprint density at radius 1 is 1.05 bits per heavy atom. The predicted octanol–water partition coefficient (Wildman–Crippen LogP) is 2.50. The third-order valence-electron chi connectivity index (χ3n) is 5.70. The van der Waals surface area contributed by atoms with Crippen molar-refractivity contribution in [2.75, 3.05) is 7.05 Å². The minimum absolute atomic E-state index is 0.0513. The molecule has 0 aromatic carbocycles. The van der Waals surface area contributed by atoms with Gasteiger partial charge in [0.05, 0.1) is 11.7 Å². The lowest BCUT2D eigenvalue weighted by molar-refractivity contribution is -0.137. The maximum absolute atomic E-state index is 12.7. The summed E-state index contributed by atoms with van der Waals surface area (Å²) in [5, 5.41) is 0. The van der Waals surface area contributed by atoms with E-state index in [1.54, 1.807) is 7.05 Å². The number of rotatable bonds is 1. The van der Waals surface area contributed by atoms with E-state index in [-0.39, 0.29) is 47.2 Å². The molecule has 4 aliphatic rings. The van der Waals surface area contributed by atoms with Gasteiger partial charge in [0.25, 0.3) is 0 Å². The zero-order valence-electron chi connectivity index (χ0n) is 13.0. The van der Waals surface area contributed by atoms with E-state index >= 15 is 0 Å². The van der Waals surface area contributed by atoms with Gasteiger partial charge in [0, 0.05) is 18.9 Å². The summed E-state index contributed by atoms with van der Waals surface area (Å²) in [6.07, 6.45) is 4.40. The summed E-state index contributed by atoms with van der Waals surface area (Å²) in [5.41, 5.74) is -0.240. The fourth-order valence-corrected chi connectivity index (χ4v) is 7.60. The molecule has 0 spiro atoms. The molecule has 120 valence electrons. The van der Waals surface area contributed by atoms with Gasteiger partial charge in [0.1, 0.15) is 8.65 Å². The van der Waals surface area contributed by atoms with Crippen molar-refractivity contribution in [2.24, 2.45) is 23.7 Å². The summed E-state index contributed by atoms with van der Waals surface area (Å²) >= 11 is 7.33. The second kappa shape index (κ2) is 4.06. The van der Waals surface area contributed by atoms with Crippen molar-refractivity contribution in [2.45, 2.75) is 41.1 Å². The number of halogens is 2. The van der Waals surface area contributed by atoms with E-state index < -0.39 is 8.65 Å². The molecule has 3 aliphatic carbocycles. The molecule has 0 N–H and O–H groups in total. The van der Waals surface area contributed by atoms with Crippen LogP contribution in [0, 0.1) is 23.7 Å². The Bertz CT molecular complexity index is 583. The molecule has 0 aromatic heterocycles. The third kappa shape index (κ3) is 1.40. The lowest BCUT2D eigenvalue weighted by Crippen LogP contribution is -2.72. The van der Waals surface area contributed by atoms with Crippen molar-refractivity contribution < 1.29 is 14.3 Å². The number of hydrogen-bond acceptors (Lipinski definition) is 3. The Labute approximate surface area is 146 Å². The second-order valence-corrected chi connectivity index (χ2v) is 10.4. The highest BCUT2D eigenvalue weighted by Crippen LogP contribution is 2.76. The number of hydrogen-bond donors (Lipinski definition) is 0. The van der Waals surface area contributed by atoms with Crippen molar-refractivity contribution >= 4 is 43.7 Å². The Morgan fingerprint density at radius 3 is 1.82 bits per heavy atom. The van der Waals surface area contributed by atoms with Gasteiger partial charge in [-0.2, -0.15) is 0 Å². The van der Waals surface area contributed by atoms with Crippen LogP contribution in [0.2, 0.25) is 0 Å². The molecule has 2 saturated carbocycles. The zero-order valence-corrected chi connectivity index (χ0v) is 16.1. The van der Waals surface area contributed by atoms with Crippen LogP contribution in [0.15, 0.2) is 12.2 Å². The van der Waals surface area contributed by atoms with Crippen LogP contribution in [0.5, 0.6) is 0 Å². The topological polar surface area (TPSA) is 46.6 Å². The fourth-order valence-electron chi connectivity index (χ4n) is 5.02. The fraction of sp³-hybridized carbons (Fsp3) is 0.750. The first-order valence-corrected chi connectivity index (χ1v) is 9.20. The number of alkyl halides is 2. The molecule has 22 heavy (non-hydrogen) atoms. The Kier molecular flexibility index (Phi) is 2.83. The summed E-state index contributed by atoms with van der Waals surface area (Å²) in [6, 6.07) is 0. The van der Waals surface area contributed by atoms with Gasteiger partial charge in [-0.15, -0.1) is 0 Å². The highest BCUT2D eigenvalue weighted by Gasteiger charge is 2.87. The molecule has 1 aliphatic heterocycles. The van der Waals surface area contributed by atoms with Gasteiger partial charge in [-0.05, 0) is 32.6 Å². The highest BCUT2D eigenvalue weighted by atomic mass is 79.9. The Balaban J connectivity index is 1.77. The lowest BCUT2D eigenvalue weighted by Gasteiger charge is -2.57. The first-order valence-electron chi connectivity index (χ1n) is 7.61. The minimum atomic E-state index is -0.833. The Morgan fingerprint density at radius 2 is 1.45 bits per heavy atom. The van der Waals surface area contributed by atoms with Gasteiger partial charge in [-0.3, -0.25) is 14.5 Å². The van der Waals surface area contributed by atoms with Crippen molar-refractivity contribution in [1.82, 2.24) is 4.90 Å². The van der Waals surface area contributed by atoms with E-state index in [2.05, 4.69) is 44.0 Å². The molecule has 2 bridgehead atoms. The normalized spacial score (nSPS) is 52.1. The number of carbonyl (C=O) groups is 2. The SMILES string of the molecule is CN1C(=O)C2(Br)C3C4C=CC(C4OC(C)(C)C)C3[C@]2(Br)C1=O. The standard InChI is InChI=1S/C16H19Br2NO3/c1-14(2,3)22-11-7-5-6-8(11)10-9(7)15(17)12(20)19(4)13(21)16(10,15)18/h5-11H,1-4H3/t7?,8?,9?,10?,11?,15-,16?/m0/s1. The van der Waals surface area contributed by atoms with E-state index in [0.29, 0.717) is 0 Å². The van der Waals surface area contributed by atoms with Gasteiger partial charge in [-0.1, -0.05) is 44.0 Å². The summed E-state index contributed by atoms with van der Waals surface area (Å²) in [4.78, 5) is 26.6. The summed E-state index contributed by atoms with van der Waals surface area (Å²) in [7, 11) is 1.57. The average molecular weight is 433 g/mol. The number of fused-ring (bicyclic) bond motifs is 8. The quantitative estimate of drug-likeness (QED) is 0.363. The molecule has 0 radical (unpaired) electrons. The minimum Gasteiger partial charge on any atom is -0.371 e. The third-order valence-corrected chi connectivity index (χ3v) is 9.22. The van der Waals surface area contributed by atoms with E-state index in [0.717, 1.165) is 0 Å². The largest absolute Gasteiger partial charge is 0.371 e. The molecule has 6 unspecified atom stereocenters. The zero-order chi connectivity index (χ0) is 16.2. The van der Waals surface area contributed by atoms with Crippen LogP contribution in [-0.2, 0) is 14.3 Å². The number of amides is 2. The van der Waals surface area contributed by atoms with Crippen LogP contribution >= 0.6 is 31.9 Å². The van der Waals surface area contributed by atoms with Crippen LogP contribution in [0.25, 0.3) is 0 Å². The predicted molar refractivity (Wildman–Crippen MR) is 88.8 cm³/mol. The van der Waals surface area contributed by atoms with E-state index in [1.807, 2.05) is 20.8 Å². The lowest BCUT2D eigenvalue weighted by atomic mass is 9.53. The molecule has 3 fully saturated rings. The second-order valence-electron chi connectivity index (χ2n) is 7.88. The van der Waals surface area contributed by atoms with Crippen LogP contribution in [0.3, 0.4) is 0 Å². The van der Waals surface area contributed by atoms with Crippen LogP contribution in [-0.4, -0.2) is 44.1 Å². The van der Waals surface area contributed by atoms with E-state index in [1.165, 1.54) is 4.90 Å². The van der Waals surface area contributed by atoms with Gasteiger partial charge in [0.15, 0.2) is 0 Å². The first kappa shape index (κ1) is 15.3. The molecule has 6 heteroatoms. The van der Waals surface area contributed by atoms with Crippen LogP contribution in [0.1, 0.15) is 20.8 Å². The smallest absolute Gasteiger partial charge is 0.248 e. The summed E-state index contributed by atoms with van der Waals surface area (Å²) in [5.74, 6) is 0.313. The number of likely N-dealkylation sites (tertiary alicyclic amines) is 1. The van der Waals surface area contributed by atoms with Crippen molar-refractivity contribution in [3.05, 3.63) is 12.2 Å². The van der Waals surface area contributed by atoms with Gasteiger partial charge in [0.2, 0.25) is 11.8 Å². The van der Waals surface area contributed by atoms with Crippen LogP contribution in [0.4, 0.5) is 0 Å². The average Bonchev–Trinajstić information content (AvgIpc) is 2.97. The number of imide groups is 1. The Hall–Kier alpha value is -0.200. The maximum Gasteiger partial charge on any atom is 0.248 e. The molecule has 7 atom stereocenters. The summed E-state index contributed by atoms with van der Waals surface area (Å²) in [6.45, 7) is 6.14. The molecule has 1 saturated heterocycles. The molecule has 2 amide bonds. The molecule has 4 rings (SSSR count). The molecule has 0 aromatic rings. The molecule has 4 nitrogen and oxygen atoms in total. The number of nitrogens with zero attached hydrogens (tertiary/aromatic N) is 1. The number of ether oxygens (including phenoxy) is 1. The molecule has 1 heterocycles. The van der Waals surface area contributed by atoms with Gasteiger partial charge >= 0.3 is 0 Å². The van der Waals surface area contributed by atoms with Crippen molar-refractivity contribution in [1.29, 1.82) is 0 Å². The van der Waals surface area contributed by atoms with E-state index in [4.69, 9.17) is 4.74 Å². The van der Waals surface area contributed by atoms with Crippen molar-refractivity contribution in [3.8, 4) is 0 Å². The number of carbonyl (C=O) groups excluding carboxylic acids is 2.